The SMILES string of the molecule is CCC(C)(C)NS(=O)(=O)c1ccc(Cl)c(CNC2CC2)c1. The van der Waals surface area contributed by atoms with Gasteiger partial charge in [0, 0.05) is 23.1 Å². The molecular formula is C15H23ClN2O2S. The molecule has 1 aliphatic carbocycles. The number of sulfonamides is 1. The van der Waals surface area contributed by atoms with E-state index >= 15 is 0 Å². The van der Waals surface area contributed by atoms with E-state index in [1.807, 2.05) is 20.8 Å². The minimum atomic E-state index is -3.53. The second-order valence-electron chi connectivity index (χ2n) is 6.25. The predicted molar refractivity (Wildman–Crippen MR) is 86.0 cm³/mol. The van der Waals surface area contributed by atoms with E-state index < -0.39 is 15.6 Å². The topological polar surface area (TPSA) is 58.2 Å². The van der Waals surface area contributed by atoms with Gasteiger partial charge in [-0.3, -0.25) is 0 Å². The molecule has 0 unspecified atom stereocenters. The molecule has 2 N–H and O–H groups in total. The highest BCUT2D eigenvalue weighted by Gasteiger charge is 2.25. The number of halogens is 1. The monoisotopic (exact) mass is 330 g/mol. The van der Waals surface area contributed by atoms with Gasteiger partial charge in [-0.2, -0.15) is 0 Å². The highest BCUT2D eigenvalue weighted by Crippen LogP contribution is 2.24. The van der Waals surface area contributed by atoms with Gasteiger partial charge < -0.3 is 5.32 Å². The van der Waals surface area contributed by atoms with Crippen molar-refractivity contribution in [1.29, 1.82) is 0 Å². The Bertz CT molecular complexity index is 610. The van der Waals surface area contributed by atoms with Crippen LogP contribution < -0.4 is 10.0 Å². The van der Waals surface area contributed by atoms with Crippen LogP contribution in [-0.2, 0) is 16.6 Å². The lowest BCUT2D eigenvalue weighted by atomic mass is 10.0. The molecule has 1 fully saturated rings. The summed E-state index contributed by atoms with van der Waals surface area (Å²) in [6.07, 6.45) is 3.08. The van der Waals surface area contributed by atoms with Crippen LogP contribution in [0.25, 0.3) is 0 Å². The summed E-state index contributed by atoms with van der Waals surface area (Å²) in [7, 11) is -3.53. The molecule has 0 bridgehead atoms. The predicted octanol–water partition coefficient (Wildman–Crippen LogP) is 3.06. The van der Waals surface area contributed by atoms with Crippen molar-refractivity contribution in [1.82, 2.24) is 10.0 Å². The van der Waals surface area contributed by atoms with Crippen molar-refractivity contribution in [3.63, 3.8) is 0 Å². The molecule has 0 atom stereocenters. The van der Waals surface area contributed by atoms with Gasteiger partial charge in [-0.1, -0.05) is 18.5 Å². The van der Waals surface area contributed by atoms with Gasteiger partial charge >= 0.3 is 0 Å². The van der Waals surface area contributed by atoms with Crippen molar-refractivity contribution in [2.24, 2.45) is 0 Å². The van der Waals surface area contributed by atoms with Gasteiger partial charge in [0.05, 0.1) is 4.90 Å². The summed E-state index contributed by atoms with van der Waals surface area (Å²) >= 11 is 6.16. The molecule has 0 aromatic heterocycles. The smallest absolute Gasteiger partial charge is 0.241 e. The molecule has 4 nitrogen and oxygen atoms in total. The van der Waals surface area contributed by atoms with Crippen molar-refractivity contribution in [3.8, 4) is 0 Å². The Morgan fingerprint density at radius 1 is 1.33 bits per heavy atom. The molecule has 0 amide bonds. The highest BCUT2D eigenvalue weighted by atomic mass is 35.5. The molecular weight excluding hydrogens is 308 g/mol. The van der Waals surface area contributed by atoms with Crippen molar-refractivity contribution in [2.45, 2.75) is 63.1 Å². The Morgan fingerprint density at radius 3 is 2.57 bits per heavy atom. The third kappa shape index (κ3) is 4.68. The summed E-state index contributed by atoms with van der Waals surface area (Å²) in [5.41, 5.74) is 0.353. The molecule has 2 rings (SSSR count). The fourth-order valence-corrected chi connectivity index (χ4v) is 3.61. The van der Waals surface area contributed by atoms with Gasteiger partial charge in [0.2, 0.25) is 10.0 Å². The maximum atomic E-state index is 12.4. The molecule has 6 heteroatoms. The summed E-state index contributed by atoms with van der Waals surface area (Å²) in [4.78, 5) is 0.265. The zero-order chi connectivity index (χ0) is 15.7. The van der Waals surface area contributed by atoms with Crippen LogP contribution in [0.2, 0.25) is 5.02 Å². The van der Waals surface area contributed by atoms with Gasteiger partial charge in [0.25, 0.3) is 0 Å². The molecule has 1 aliphatic rings. The number of nitrogens with one attached hydrogen (secondary N) is 2. The van der Waals surface area contributed by atoms with Gasteiger partial charge in [0.1, 0.15) is 0 Å². The first-order valence-electron chi connectivity index (χ1n) is 7.29. The minimum Gasteiger partial charge on any atom is -0.310 e. The molecule has 1 saturated carbocycles. The van der Waals surface area contributed by atoms with Crippen molar-refractivity contribution >= 4 is 21.6 Å². The maximum Gasteiger partial charge on any atom is 0.241 e. The number of rotatable bonds is 7. The Morgan fingerprint density at radius 2 is 2.00 bits per heavy atom. The van der Waals surface area contributed by atoms with Crippen LogP contribution in [0.15, 0.2) is 23.1 Å². The van der Waals surface area contributed by atoms with Crippen LogP contribution in [0.1, 0.15) is 45.6 Å². The number of benzene rings is 1. The van der Waals surface area contributed by atoms with Crippen molar-refractivity contribution in [2.75, 3.05) is 0 Å². The summed E-state index contributed by atoms with van der Waals surface area (Å²) < 4.78 is 27.6. The minimum absolute atomic E-state index is 0.265. The van der Waals surface area contributed by atoms with Gasteiger partial charge in [-0.25, -0.2) is 13.1 Å². The van der Waals surface area contributed by atoms with Crippen molar-refractivity contribution in [3.05, 3.63) is 28.8 Å². The zero-order valence-corrected chi connectivity index (χ0v) is 14.3. The molecule has 0 spiro atoms. The Labute approximate surface area is 132 Å². The van der Waals surface area contributed by atoms with Gasteiger partial charge in [-0.15, -0.1) is 0 Å². The van der Waals surface area contributed by atoms with E-state index in [1.165, 1.54) is 12.8 Å². The Balaban J connectivity index is 2.20. The fraction of sp³-hybridized carbons (Fsp3) is 0.600. The fourth-order valence-electron chi connectivity index (χ4n) is 1.89. The average Bonchev–Trinajstić information content (AvgIpc) is 3.20. The number of hydrogen-bond acceptors (Lipinski definition) is 3. The van der Waals surface area contributed by atoms with E-state index in [-0.39, 0.29) is 4.90 Å². The van der Waals surface area contributed by atoms with Crippen molar-refractivity contribution < 1.29 is 8.42 Å². The number of hydrogen-bond donors (Lipinski definition) is 2. The third-order valence-corrected chi connectivity index (χ3v) is 5.85. The van der Waals surface area contributed by atoms with E-state index in [0.717, 1.165) is 12.0 Å². The largest absolute Gasteiger partial charge is 0.310 e. The van der Waals surface area contributed by atoms with Crippen LogP contribution in [0.5, 0.6) is 0 Å². The second-order valence-corrected chi connectivity index (χ2v) is 8.34. The van der Waals surface area contributed by atoms with Crippen LogP contribution in [0.3, 0.4) is 0 Å². The second kappa shape index (κ2) is 6.24. The van der Waals surface area contributed by atoms with Crippen LogP contribution in [-0.4, -0.2) is 20.0 Å². The van der Waals surface area contributed by atoms with Crippen LogP contribution in [0.4, 0.5) is 0 Å². The lowest BCUT2D eigenvalue weighted by molar-refractivity contribution is 0.439. The Hall–Kier alpha value is -0.620. The molecule has 0 radical (unpaired) electrons. The Kier molecular flexibility index (Phi) is 4.98. The van der Waals surface area contributed by atoms with E-state index in [1.54, 1.807) is 18.2 Å². The maximum absolute atomic E-state index is 12.4. The lowest BCUT2D eigenvalue weighted by Crippen LogP contribution is -2.42. The first kappa shape index (κ1) is 16.7. The van der Waals surface area contributed by atoms with E-state index in [9.17, 15) is 8.42 Å². The molecule has 0 saturated heterocycles. The van der Waals surface area contributed by atoms with E-state index in [4.69, 9.17) is 11.6 Å². The first-order chi connectivity index (χ1) is 9.73. The first-order valence-corrected chi connectivity index (χ1v) is 9.15. The molecule has 21 heavy (non-hydrogen) atoms. The van der Waals surface area contributed by atoms with Crippen LogP contribution in [0, 0.1) is 0 Å². The molecule has 0 aliphatic heterocycles. The molecule has 1 aromatic rings. The molecule has 0 heterocycles. The normalized spacial score (nSPS) is 16.2. The van der Waals surface area contributed by atoms with Gasteiger partial charge in [0.15, 0.2) is 0 Å². The van der Waals surface area contributed by atoms with E-state index in [2.05, 4.69) is 10.0 Å². The summed E-state index contributed by atoms with van der Waals surface area (Å²) in [5, 5.41) is 3.95. The summed E-state index contributed by atoms with van der Waals surface area (Å²) in [6.45, 7) is 6.30. The quantitative estimate of drug-likeness (QED) is 0.807. The van der Waals surface area contributed by atoms with Gasteiger partial charge in [-0.05, 0) is 56.9 Å². The van der Waals surface area contributed by atoms with E-state index in [0.29, 0.717) is 17.6 Å². The lowest BCUT2D eigenvalue weighted by Gasteiger charge is -2.24. The summed E-state index contributed by atoms with van der Waals surface area (Å²) in [5.74, 6) is 0. The van der Waals surface area contributed by atoms with Crippen LogP contribution >= 0.6 is 11.6 Å². The third-order valence-electron chi connectivity index (χ3n) is 3.78. The molecule has 1 aromatic carbocycles. The highest BCUT2D eigenvalue weighted by molar-refractivity contribution is 7.89. The molecule has 118 valence electrons. The summed E-state index contributed by atoms with van der Waals surface area (Å²) in [6, 6.07) is 5.42. The standard InChI is InChI=1S/C15H23ClN2O2S/c1-4-15(2,3)18-21(19,20)13-7-8-14(16)11(9-13)10-17-12-5-6-12/h7-9,12,17-18H,4-6,10H2,1-3H3. The average molecular weight is 331 g/mol. The zero-order valence-electron chi connectivity index (χ0n) is 12.7.